The molecule has 0 bridgehead atoms. The van der Waals surface area contributed by atoms with Crippen LogP contribution in [-0.2, 0) is 0 Å². The van der Waals surface area contributed by atoms with E-state index < -0.39 is 6.01 Å². The number of amides is 2. The van der Waals surface area contributed by atoms with Gasteiger partial charge in [0.15, 0.2) is 0 Å². The first-order valence-corrected chi connectivity index (χ1v) is 8.20. The van der Waals surface area contributed by atoms with Crippen LogP contribution in [0.15, 0.2) is 66.7 Å². The van der Waals surface area contributed by atoms with E-state index in [4.69, 9.17) is 4.74 Å². The second-order valence-corrected chi connectivity index (χ2v) is 5.73. The number of benzene rings is 2. The van der Waals surface area contributed by atoms with E-state index in [-0.39, 0.29) is 11.8 Å². The molecule has 4 nitrogen and oxygen atoms in total. The average Bonchev–Trinajstić information content (AvgIpc) is 2.87. The summed E-state index contributed by atoms with van der Waals surface area (Å²) < 4.78 is 18.7. The summed E-state index contributed by atoms with van der Waals surface area (Å²) in [5, 5.41) is 0. The van der Waals surface area contributed by atoms with Crippen LogP contribution < -0.4 is 4.74 Å². The van der Waals surface area contributed by atoms with Crippen LogP contribution >= 0.6 is 0 Å². The molecule has 128 valence electrons. The van der Waals surface area contributed by atoms with Crippen LogP contribution in [0.2, 0.25) is 0 Å². The Bertz CT molecular complexity index is 767. The second kappa shape index (κ2) is 7.75. The van der Waals surface area contributed by atoms with Crippen LogP contribution in [0.25, 0.3) is 0 Å². The second-order valence-electron chi connectivity index (χ2n) is 5.73. The number of ether oxygens (including phenoxy) is 1. The maximum atomic E-state index is 13.6. The summed E-state index contributed by atoms with van der Waals surface area (Å²) in [5.74, 6) is -0.0632. The minimum atomic E-state index is -0.646. The monoisotopic (exact) mass is 339 g/mol. The summed E-state index contributed by atoms with van der Waals surface area (Å²) in [4.78, 5) is 25.6. The van der Waals surface area contributed by atoms with Crippen molar-refractivity contribution < 1.29 is 18.7 Å². The third-order valence-corrected chi connectivity index (χ3v) is 3.98. The van der Waals surface area contributed by atoms with Gasteiger partial charge in [-0.05, 0) is 49.6 Å². The molecule has 0 saturated heterocycles. The van der Waals surface area contributed by atoms with Crippen molar-refractivity contribution in [3.8, 4) is 5.75 Å². The lowest BCUT2D eigenvalue weighted by atomic mass is 10.1. The molecule has 0 spiro atoms. The van der Waals surface area contributed by atoms with Gasteiger partial charge < -0.3 is 4.74 Å². The van der Waals surface area contributed by atoms with Crippen LogP contribution in [0, 0.1) is 0 Å². The van der Waals surface area contributed by atoms with E-state index in [1.165, 1.54) is 11.0 Å². The van der Waals surface area contributed by atoms with Gasteiger partial charge in [-0.3, -0.25) is 14.5 Å². The molecule has 0 N–H and O–H groups in total. The number of allylic oxidation sites excluding steroid dienone is 1. The van der Waals surface area contributed by atoms with Gasteiger partial charge in [-0.2, -0.15) is 4.39 Å². The molecular formula is C20H18FNO3. The number of unbranched alkanes of at least 4 members (excludes halogenated alkanes) is 2. The molecule has 2 amide bonds. The standard InChI is InChI=1S/C20H18FNO3/c21-18(25-15-9-3-1-4-10-15)13-5-2-8-14-22-19(23)16-11-6-7-12-17(16)20(22)24/h1,3-4,6-7,9-13H,2,5,8,14H2/b18-13+. The predicted molar refractivity (Wildman–Crippen MR) is 91.9 cm³/mol. The summed E-state index contributed by atoms with van der Waals surface area (Å²) in [5.41, 5.74) is 0.907. The number of imide groups is 1. The quantitative estimate of drug-likeness (QED) is 0.428. The highest BCUT2D eigenvalue weighted by Gasteiger charge is 2.34. The zero-order valence-corrected chi connectivity index (χ0v) is 13.7. The Morgan fingerprint density at radius 1 is 0.920 bits per heavy atom. The van der Waals surface area contributed by atoms with Gasteiger partial charge in [-0.1, -0.05) is 30.3 Å². The molecule has 0 aliphatic carbocycles. The number of fused-ring (bicyclic) bond motifs is 1. The van der Waals surface area contributed by atoms with Gasteiger partial charge in [0, 0.05) is 6.54 Å². The highest BCUT2D eigenvalue weighted by atomic mass is 19.1. The lowest BCUT2D eigenvalue weighted by Crippen LogP contribution is -2.30. The van der Waals surface area contributed by atoms with Crippen LogP contribution in [-0.4, -0.2) is 23.3 Å². The molecule has 0 atom stereocenters. The Labute approximate surface area is 145 Å². The van der Waals surface area contributed by atoms with Crippen molar-refractivity contribution in [1.82, 2.24) is 4.90 Å². The number of nitrogens with zero attached hydrogens (tertiary/aromatic N) is 1. The molecule has 0 aromatic heterocycles. The Morgan fingerprint density at radius 3 is 2.16 bits per heavy atom. The maximum Gasteiger partial charge on any atom is 0.274 e. The van der Waals surface area contributed by atoms with E-state index in [1.54, 1.807) is 48.5 Å². The number of rotatable bonds is 7. The summed E-state index contributed by atoms with van der Waals surface area (Å²) >= 11 is 0. The Kier molecular flexibility index (Phi) is 5.23. The average molecular weight is 339 g/mol. The fourth-order valence-corrected chi connectivity index (χ4v) is 2.71. The molecule has 0 radical (unpaired) electrons. The SMILES string of the molecule is O=C1c2ccccc2C(=O)N1CCCC/C=C(\F)Oc1ccccc1. The number of halogens is 1. The normalized spacial score (nSPS) is 14.0. The first kappa shape index (κ1) is 16.9. The minimum Gasteiger partial charge on any atom is -0.432 e. The number of hydrogen-bond acceptors (Lipinski definition) is 3. The summed E-state index contributed by atoms with van der Waals surface area (Å²) in [6.45, 7) is 0.335. The first-order valence-electron chi connectivity index (χ1n) is 8.20. The van der Waals surface area contributed by atoms with Gasteiger partial charge in [0.25, 0.3) is 17.8 Å². The van der Waals surface area contributed by atoms with E-state index in [0.717, 1.165) is 0 Å². The number of para-hydroxylation sites is 1. The number of carbonyl (C=O) groups excluding carboxylic acids is 2. The van der Waals surface area contributed by atoms with E-state index >= 15 is 0 Å². The lowest BCUT2D eigenvalue weighted by molar-refractivity contribution is 0.0651. The molecule has 1 aliphatic heterocycles. The third kappa shape index (κ3) is 3.94. The molecule has 1 aliphatic rings. The van der Waals surface area contributed by atoms with Crippen molar-refractivity contribution in [1.29, 1.82) is 0 Å². The molecule has 2 aromatic carbocycles. The van der Waals surface area contributed by atoms with E-state index in [0.29, 0.717) is 42.7 Å². The van der Waals surface area contributed by atoms with Crippen molar-refractivity contribution in [3.05, 3.63) is 77.8 Å². The van der Waals surface area contributed by atoms with Gasteiger partial charge in [-0.25, -0.2) is 0 Å². The highest BCUT2D eigenvalue weighted by Crippen LogP contribution is 2.23. The molecular weight excluding hydrogens is 321 g/mol. The molecule has 0 fully saturated rings. The molecule has 5 heteroatoms. The van der Waals surface area contributed by atoms with Gasteiger partial charge >= 0.3 is 0 Å². The fourth-order valence-electron chi connectivity index (χ4n) is 2.71. The summed E-state index contributed by atoms with van der Waals surface area (Å²) in [6, 6.07) is 14.9. The molecule has 2 aromatic rings. The number of hydrogen-bond donors (Lipinski definition) is 0. The number of carbonyl (C=O) groups is 2. The van der Waals surface area contributed by atoms with Crippen LogP contribution in [0.4, 0.5) is 4.39 Å². The summed E-state index contributed by atoms with van der Waals surface area (Å²) in [7, 11) is 0. The van der Waals surface area contributed by atoms with Crippen molar-refractivity contribution in [2.75, 3.05) is 6.54 Å². The molecule has 0 saturated carbocycles. The largest absolute Gasteiger partial charge is 0.432 e. The van der Waals surface area contributed by atoms with Crippen LogP contribution in [0.1, 0.15) is 40.0 Å². The zero-order valence-electron chi connectivity index (χ0n) is 13.7. The van der Waals surface area contributed by atoms with Gasteiger partial charge in [0.1, 0.15) is 5.75 Å². The van der Waals surface area contributed by atoms with Crippen LogP contribution in [0.3, 0.4) is 0 Å². The summed E-state index contributed by atoms with van der Waals surface area (Å²) in [6.07, 6.45) is 3.11. The van der Waals surface area contributed by atoms with Gasteiger partial charge in [-0.15, -0.1) is 0 Å². The topological polar surface area (TPSA) is 46.6 Å². The lowest BCUT2D eigenvalue weighted by Gasteiger charge is -2.12. The Hall–Kier alpha value is -2.95. The fraction of sp³-hybridized carbons (Fsp3) is 0.200. The zero-order chi connectivity index (χ0) is 17.6. The van der Waals surface area contributed by atoms with Gasteiger partial charge in [0.2, 0.25) is 0 Å². The molecule has 0 unspecified atom stereocenters. The van der Waals surface area contributed by atoms with Crippen molar-refractivity contribution in [2.24, 2.45) is 0 Å². The first-order chi connectivity index (χ1) is 12.2. The predicted octanol–water partition coefficient (Wildman–Crippen LogP) is 4.34. The van der Waals surface area contributed by atoms with Crippen molar-refractivity contribution >= 4 is 11.8 Å². The molecule has 1 heterocycles. The van der Waals surface area contributed by atoms with Crippen LogP contribution in [0.5, 0.6) is 5.75 Å². The van der Waals surface area contributed by atoms with Crippen molar-refractivity contribution in [3.63, 3.8) is 0 Å². The Balaban J connectivity index is 1.44. The maximum absolute atomic E-state index is 13.6. The third-order valence-electron chi connectivity index (χ3n) is 3.98. The smallest absolute Gasteiger partial charge is 0.274 e. The van der Waals surface area contributed by atoms with E-state index in [1.807, 2.05) is 6.07 Å². The molecule has 25 heavy (non-hydrogen) atoms. The highest BCUT2D eigenvalue weighted by molar-refractivity contribution is 6.21. The Morgan fingerprint density at radius 2 is 1.52 bits per heavy atom. The van der Waals surface area contributed by atoms with E-state index in [9.17, 15) is 14.0 Å². The van der Waals surface area contributed by atoms with E-state index in [2.05, 4.69) is 0 Å². The van der Waals surface area contributed by atoms with Gasteiger partial charge in [0.05, 0.1) is 11.1 Å². The van der Waals surface area contributed by atoms with Crippen molar-refractivity contribution in [2.45, 2.75) is 19.3 Å². The molecule has 3 rings (SSSR count). The minimum absolute atomic E-state index is 0.255.